The number of benzene rings is 2. The van der Waals surface area contributed by atoms with Gasteiger partial charge in [0.25, 0.3) is 0 Å². The monoisotopic (exact) mass is 289 g/mol. The van der Waals surface area contributed by atoms with E-state index in [0.29, 0.717) is 18.0 Å². The van der Waals surface area contributed by atoms with Gasteiger partial charge < -0.3 is 14.8 Å². The minimum Gasteiger partial charge on any atom is -0.490 e. The molecule has 0 aliphatic heterocycles. The van der Waals surface area contributed by atoms with Crippen molar-refractivity contribution in [2.24, 2.45) is 0 Å². The second-order valence-electron chi connectivity index (χ2n) is 4.33. The maximum absolute atomic E-state index is 13.3. The highest BCUT2D eigenvalue weighted by molar-refractivity contribution is 5.88. The molecule has 0 saturated heterocycles. The van der Waals surface area contributed by atoms with Crippen LogP contribution in [0.4, 0.5) is 10.1 Å². The van der Waals surface area contributed by atoms with Gasteiger partial charge in [-0.25, -0.2) is 4.39 Å². The molecule has 1 amide bonds. The number of hydrogen-bond acceptors (Lipinski definition) is 3. The molecule has 0 saturated carbocycles. The lowest BCUT2D eigenvalue weighted by molar-refractivity contribution is -0.114. The van der Waals surface area contributed by atoms with Gasteiger partial charge in [-0.05, 0) is 36.4 Å². The van der Waals surface area contributed by atoms with Crippen LogP contribution in [-0.2, 0) is 4.79 Å². The molecular formula is C16H16FNO3. The molecule has 4 nitrogen and oxygen atoms in total. The summed E-state index contributed by atoms with van der Waals surface area (Å²) < 4.78 is 24.0. The van der Waals surface area contributed by atoms with E-state index in [-0.39, 0.29) is 18.3 Å². The first-order chi connectivity index (χ1) is 10.1. The lowest BCUT2D eigenvalue weighted by Gasteiger charge is -2.09. The van der Waals surface area contributed by atoms with Crippen LogP contribution in [0.3, 0.4) is 0 Å². The standard InChI is InChI=1S/C16H16FNO3/c1-12(19)18-13-6-8-14(9-7-13)20-10-11-21-16-5-3-2-4-15(16)17/h2-9H,10-11H2,1H3,(H,18,19). The summed E-state index contributed by atoms with van der Waals surface area (Å²) in [6.45, 7) is 1.99. The lowest BCUT2D eigenvalue weighted by atomic mass is 10.3. The molecule has 2 aromatic carbocycles. The van der Waals surface area contributed by atoms with Crippen molar-refractivity contribution in [3.05, 3.63) is 54.3 Å². The van der Waals surface area contributed by atoms with Crippen molar-refractivity contribution in [3.8, 4) is 11.5 Å². The van der Waals surface area contributed by atoms with Crippen molar-refractivity contribution < 1.29 is 18.7 Å². The maximum Gasteiger partial charge on any atom is 0.221 e. The molecule has 0 heterocycles. The molecule has 0 spiro atoms. The third-order valence-corrected chi connectivity index (χ3v) is 2.62. The van der Waals surface area contributed by atoms with Crippen molar-refractivity contribution in [3.63, 3.8) is 0 Å². The quantitative estimate of drug-likeness (QED) is 0.830. The van der Waals surface area contributed by atoms with Gasteiger partial charge in [-0.3, -0.25) is 4.79 Å². The van der Waals surface area contributed by atoms with Gasteiger partial charge in [0.15, 0.2) is 11.6 Å². The summed E-state index contributed by atoms with van der Waals surface area (Å²) in [6, 6.07) is 13.2. The highest BCUT2D eigenvalue weighted by Gasteiger charge is 2.01. The van der Waals surface area contributed by atoms with Gasteiger partial charge in [-0.15, -0.1) is 0 Å². The first-order valence-electron chi connectivity index (χ1n) is 6.53. The van der Waals surface area contributed by atoms with Gasteiger partial charge >= 0.3 is 0 Å². The highest BCUT2D eigenvalue weighted by atomic mass is 19.1. The topological polar surface area (TPSA) is 47.6 Å². The summed E-state index contributed by atoms with van der Waals surface area (Å²) in [4.78, 5) is 10.9. The van der Waals surface area contributed by atoms with Gasteiger partial charge in [-0.1, -0.05) is 12.1 Å². The minimum absolute atomic E-state index is 0.123. The number of carbonyl (C=O) groups is 1. The summed E-state index contributed by atoms with van der Waals surface area (Å²) in [7, 11) is 0. The van der Waals surface area contributed by atoms with Crippen LogP contribution in [0, 0.1) is 5.82 Å². The number of anilines is 1. The summed E-state index contributed by atoms with van der Waals surface area (Å²) >= 11 is 0. The number of nitrogens with one attached hydrogen (secondary N) is 1. The zero-order chi connectivity index (χ0) is 15.1. The molecular weight excluding hydrogens is 273 g/mol. The number of ether oxygens (including phenoxy) is 2. The number of para-hydroxylation sites is 1. The molecule has 0 atom stereocenters. The van der Waals surface area contributed by atoms with E-state index >= 15 is 0 Å². The second-order valence-corrected chi connectivity index (χ2v) is 4.33. The molecule has 0 fully saturated rings. The summed E-state index contributed by atoms with van der Waals surface area (Å²) in [5.74, 6) is 0.349. The van der Waals surface area contributed by atoms with Gasteiger partial charge in [-0.2, -0.15) is 0 Å². The largest absolute Gasteiger partial charge is 0.490 e. The smallest absolute Gasteiger partial charge is 0.221 e. The van der Waals surface area contributed by atoms with Gasteiger partial charge in [0.05, 0.1) is 0 Å². The fourth-order valence-electron chi connectivity index (χ4n) is 1.71. The number of carbonyl (C=O) groups excluding carboxylic acids is 1. The molecule has 0 aromatic heterocycles. The van der Waals surface area contributed by atoms with E-state index in [2.05, 4.69) is 5.32 Å². The molecule has 2 rings (SSSR count). The van der Waals surface area contributed by atoms with E-state index in [1.807, 2.05) is 0 Å². The first-order valence-corrected chi connectivity index (χ1v) is 6.53. The highest BCUT2D eigenvalue weighted by Crippen LogP contribution is 2.17. The van der Waals surface area contributed by atoms with Crippen LogP contribution >= 0.6 is 0 Å². The zero-order valence-electron chi connectivity index (χ0n) is 11.6. The Hall–Kier alpha value is -2.56. The van der Waals surface area contributed by atoms with E-state index in [4.69, 9.17) is 9.47 Å². The van der Waals surface area contributed by atoms with Gasteiger partial charge in [0.1, 0.15) is 19.0 Å². The molecule has 5 heteroatoms. The Morgan fingerprint density at radius 1 is 1.05 bits per heavy atom. The van der Waals surface area contributed by atoms with Crippen molar-refractivity contribution in [2.45, 2.75) is 6.92 Å². The molecule has 0 bridgehead atoms. The van der Waals surface area contributed by atoms with Crippen LogP contribution in [0.1, 0.15) is 6.92 Å². The summed E-state index contributed by atoms with van der Waals surface area (Å²) in [5, 5.41) is 2.67. The maximum atomic E-state index is 13.3. The molecule has 110 valence electrons. The van der Waals surface area contributed by atoms with Crippen LogP contribution in [0.2, 0.25) is 0 Å². The minimum atomic E-state index is -0.392. The normalized spacial score (nSPS) is 10.0. The van der Waals surface area contributed by atoms with Crippen LogP contribution in [-0.4, -0.2) is 19.1 Å². The fourth-order valence-corrected chi connectivity index (χ4v) is 1.71. The molecule has 1 N–H and O–H groups in total. The molecule has 2 aromatic rings. The van der Waals surface area contributed by atoms with E-state index in [1.54, 1.807) is 42.5 Å². The van der Waals surface area contributed by atoms with Crippen LogP contribution < -0.4 is 14.8 Å². The average molecular weight is 289 g/mol. The Labute approximate surface area is 122 Å². The Kier molecular flexibility index (Phi) is 5.15. The van der Waals surface area contributed by atoms with E-state index in [1.165, 1.54) is 13.0 Å². The predicted octanol–water partition coefficient (Wildman–Crippen LogP) is 3.24. The second kappa shape index (κ2) is 7.28. The number of halogens is 1. The Balaban J connectivity index is 1.76. The number of hydrogen-bond donors (Lipinski definition) is 1. The van der Waals surface area contributed by atoms with Crippen LogP contribution in [0.25, 0.3) is 0 Å². The van der Waals surface area contributed by atoms with Crippen LogP contribution in [0.15, 0.2) is 48.5 Å². The Bertz CT molecular complexity index is 599. The molecule has 0 radical (unpaired) electrons. The molecule has 0 aliphatic rings. The van der Waals surface area contributed by atoms with Gasteiger partial charge in [0, 0.05) is 12.6 Å². The van der Waals surface area contributed by atoms with Crippen molar-refractivity contribution in [2.75, 3.05) is 18.5 Å². The van der Waals surface area contributed by atoms with Gasteiger partial charge in [0.2, 0.25) is 5.91 Å². The van der Waals surface area contributed by atoms with Crippen molar-refractivity contribution in [1.29, 1.82) is 0 Å². The fraction of sp³-hybridized carbons (Fsp3) is 0.188. The lowest BCUT2D eigenvalue weighted by Crippen LogP contribution is -2.10. The zero-order valence-corrected chi connectivity index (χ0v) is 11.6. The van der Waals surface area contributed by atoms with Crippen molar-refractivity contribution in [1.82, 2.24) is 0 Å². The summed E-state index contributed by atoms with van der Waals surface area (Å²) in [5.41, 5.74) is 0.706. The van der Waals surface area contributed by atoms with E-state index in [0.717, 1.165) is 0 Å². The van der Waals surface area contributed by atoms with E-state index in [9.17, 15) is 9.18 Å². The third kappa shape index (κ3) is 4.80. The number of amides is 1. The summed E-state index contributed by atoms with van der Waals surface area (Å²) in [6.07, 6.45) is 0. The van der Waals surface area contributed by atoms with E-state index < -0.39 is 5.82 Å². The average Bonchev–Trinajstić information content (AvgIpc) is 2.46. The molecule has 0 unspecified atom stereocenters. The predicted molar refractivity (Wildman–Crippen MR) is 78.1 cm³/mol. The van der Waals surface area contributed by atoms with Crippen LogP contribution in [0.5, 0.6) is 11.5 Å². The number of rotatable bonds is 6. The molecule has 0 aliphatic carbocycles. The SMILES string of the molecule is CC(=O)Nc1ccc(OCCOc2ccccc2F)cc1. The Morgan fingerprint density at radius 3 is 2.38 bits per heavy atom. The first kappa shape index (κ1) is 14.8. The molecule has 21 heavy (non-hydrogen) atoms. The van der Waals surface area contributed by atoms with Crippen molar-refractivity contribution >= 4 is 11.6 Å². The Morgan fingerprint density at radius 2 is 1.71 bits per heavy atom. The third-order valence-electron chi connectivity index (χ3n) is 2.62.